The van der Waals surface area contributed by atoms with Crippen molar-refractivity contribution in [1.82, 2.24) is 10.3 Å². The van der Waals surface area contributed by atoms with E-state index in [2.05, 4.69) is 10.3 Å². The standard InChI is InChI=1S/C9H13F3N2S/c10-9(11,12)3-1-2-4-13-5-8-6-15-7-14-8/h6-7,13H,1-5H2. The highest BCUT2D eigenvalue weighted by Crippen LogP contribution is 2.21. The quantitative estimate of drug-likeness (QED) is 0.771. The van der Waals surface area contributed by atoms with E-state index < -0.39 is 12.6 Å². The molecule has 0 fully saturated rings. The Labute approximate surface area is 90.5 Å². The molecule has 86 valence electrons. The molecule has 1 heterocycles. The predicted octanol–water partition coefficient (Wildman–Crippen LogP) is 2.97. The average Bonchev–Trinajstić information content (AvgIpc) is 2.61. The van der Waals surface area contributed by atoms with Gasteiger partial charge >= 0.3 is 6.18 Å². The summed E-state index contributed by atoms with van der Waals surface area (Å²) in [5.74, 6) is 0. The smallest absolute Gasteiger partial charge is 0.311 e. The lowest BCUT2D eigenvalue weighted by Gasteiger charge is -2.06. The molecule has 1 aromatic rings. The molecule has 0 aliphatic heterocycles. The Morgan fingerprint density at radius 3 is 2.73 bits per heavy atom. The van der Waals surface area contributed by atoms with Crippen molar-refractivity contribution in [2.24, 2.45) is 0 Å². The molecular formula is C9H13F3N2S. The van der Waals surface area contributed by atoms with Crippen LogP contribution in [0.1, 0.15) is 25.0 Å². The van der Waals surface area contributed by atoms with E-state index in [-0.39, 0.29) is 6.42 Å². The number of rotatable bonds is 6. The number of nitrogens with one attached hydrogen (secondary N) is 1. The largest absolute Gasteiger partial charge is 0.389 e. The summed E-state index contributed by atoms with van der Waals surface area (Å²) >= 11 is 1.51. The SMILES string of the molecule is FC(F)(F)CCCCNCc1cscn1. The minimum atomic E-state index is -4.02. The third-order valence-electron chi connectivity index (χ3n) is 1.85. The lowest BCUT2D eigenvalue weighted by atomic mass is 10.2. The minimum absolute atomic E-state index is 0.188. The summed E-state index contributed by atoms with van der Waals surface area (Å²) in [6.07, 6.45) is -3.97. The highest BCUT2D eigenvalue weighted by Gasteiger charge is 2.25. The van der Waals surface area contributed by atoms with Crippen LogP contribution in [0.4, 0.5) is 13.2 Å². The Morgan fingerprint density at radius 2 is 2.13 bits per heavy atom. The van der Waals surface area contributed by atoms with Gasteiger partial charge in [0.15, 0.2) is 0 Å². The molecule has 0 saturated heterocycles. The first-order valence-electron chi connectivity index (χ1n) is 4.72. The average molecular weight is 238 g/mol. The molecule has 0 radical (unpaired) electrons. The lowest BCUT2D eigenvalue weighted by Crippen LogP contribution is -2.16. The van der Waals surface area contributed by atoms with Gasteiger partial charge in [0.2, 0.25) is 0 Å². The van der Waals surface area contributed by atoms with E-state index in [1.807, 2.05) is 5.38 Å². The van der Waals surface area contributed by atoms with Crippen molar-refractivity contribution in [3.63, 3.8) is 0 Å². The molecule has 2 nitrogen and oxygen atoms in total. The molecule has 15 heavy (non-hydrogen) atoms. The van der Waals surface area contributed by atoms with Gasteiger partial charge in [-0.25, -0.2) is 4.98 Å². The molecule has 0 aliphatic carbocycles. The van der Waals surface area contributed by atoms with Gasteiger partial charge in [0.25, 0.3) is 0 Å². The first-order chi connectivity index (χ1) is 7.08. The summed E-state index contributed by atoms with van der Waals surface area (Å²) in [5.41, 5.74) is 2.68. The normalized spacial score (nSPS) is 11.9. The zero-order valence-electron chi connectivity index (χ0n) is 8.18. The van der Waals surface area contributed by atoms with Crippen LogP contribution in [0.5, 0.6) is 0 Å². The number of halogens is 3. The summed E-state index contributed by atoms with van der Waals surface area (Å²) < 4.78 is 35.3. The van der Waals surface area contributed by atoms with Gasteiger partial charge in [-0.05, 0) is 19.4 Å². The Balaban J connectivity index is 1.94. The number of unbranched alkanes of at least 4 members (excludes halogenated alkanes) is 1. The Kier molecular flexibility index (Phi) is 5.04. The van der Waals surface area contributed by atoms with E-state index in [4.69, 9.17) is 0 Å². The number of hydrogen-bond donors (Lipinski definition) is 1. The summed E-state index contributed by atoms with van der Waals surface area (Å²) in [6, 6.07) is 0. The van der Waals surface area contributed by atoms with E-state index in [1.54, 1.807) is 5.51 Å². The molecule has 1 N–H and O–H groups in total. The van der Waals surface area contributed by atoms with Crippen LogP contribution in [0.2, 0.25) is 0 Å². The Bertz CT molecular complexity index is 259. The van der Waals surface area contributed by atoms with Crippen LogP contribution in [0.3, 0.4) is 0 Å². The number of alkyl halides is 3. The summed E-state index contributed by atoms with van der Waals surface area (Å²) in [7, 11) is 0. The van der Waals surface area contributed by atoms with Gasteiger partial charge in [-0.1, -0.05) is 0 Å². The lowest BCUT2D eigenvalue weighted by molar-refractivity contribution is -0.135. The summed E-state index contributed by atoms with van der Waals surface area (Å²) in [5, 5.41) is 4.97. The molecule has 0 aliphatic rings. The molecule has 0 spiro atoms. The maximum atomic E-state index is 11.8. The van der Waals surface area contributed by atoms with Crippen molar-refractivity contribution in [3.05, 3.63) is 16.6 Å². The summed E-state index contributed by atoms with van der Waals surface area (Å²) in [6.45, 7) is 1.24. The van der Waals surface area contributed by atoms with Gasteiger partial charge in [0.05, 0.1) is 11.2 Å². The maximum absolute atomic E-state index is 11.8. The zero-order chi connectivity index (χ0) is 11.1. The molecule has 1 aromatic heterocycles. The first kappa shape index (κ1) is 12.4. The number of nitrogens with zero attached hydrogens (tertiary/aromatic N) is 1. The molecule has 0 aromatic carbocycles. The molecule has 0 amide bonds. The summed E-state index contributed by atoms with van der Waals surface area (Å²) in [4.78, 5) is 4.05. The van der Waals surface area contributed by atoms with E-state index >= 15 is 0 Å². The van der Waals surface area contributed by atoms with Crippen LogP contribution in [-0.2, 0) is 6.54 Å². The van der Waals surface area contributed by atoms with E-state index in [0.717, 1.165) is 5.69 Å². The van der Waals surface area contributed by atoms with Crippen molar-refractivity contribution in [2.45, 2.75) is 32.0 Å². The number of thiazole rings is 1. The predicted molar refractivity (Wildman–Crippen MR) is 53.7 cm³/mol. The highest BCUT2D eigenvalue weighted by atomic mass is 32.1. The fourth-order valence-electron chi connectivity index (χ4n) is 1.12. The highest BCUT2D eigenvalue weighted by molar-refractivity contribution is 7.07. The van der Waals surface area contributed by atoms with E-state index in [9.17, 15) is 13.2 Å². The van der Waals surface area contributed by atoms with Gasteiger partial charge < -0.3 is 5.32 Å². The van der Waals surface area contributed by atoms with E-state index in [0.29, 0.717) is 19.5 Å². The zero-order valence-corrected chi connectivity index (χ0v) is 9.00. The second-order valence-electron chi connectivity index (χ2n) is 3.23. The number of hydrogen-bond acceptors (Lipinski definition) is 3. The number of aromatic nitrogens is 1. The van der Waals surface area contributed by atoms with Crippen molar-refractivity contribution >= 4 is 11.3 Å². The molecule has 0 unspecified atom stereocenters. The van der Waals surface area contributed by atoms with Crippen LogP contribution in [0, 0.1) is 0 Å². The van der Waals surface area contributed by atoms with Crippen molar-refractivity contribution < 1.29 is 13.2 Å². The molecule has 1 rings (SSSR count). The van der Waals surface area contributed by atoms with Gasteiger partial charge in [-0.15, -0.1) is 11.3 Å². The molecule has 6 heteroatoms. The molecule has 0 bridgehead atoms. The van der Waals surface area contributed by atoms with Crippen molar-refractivity contribution in [3.8, 4) is 0 Å². The van der Waals surface area contributed by atoms with Gasteiger partial charge in [-0.2, -0.15) is 13.2 Å². The third-order valence-corrected chi connectivity index (χ3v) is 2.49. The first-order valence-corrected chi connectivity index (χ1v) is 5.67. The Hall–Kier alpha value is -0.620. The molecule has 0 saturated carbocycles. The van der Waals surface area contributed by atoms with Crippen LogP contribution in [0.15, 0.2) is 10.9 Å². The van der Waals surface area contributed by atoms with Gasteiger partial charge in [-0.3, -0.25) is 0 Å². The topological polar surface area (TPSA) is 24.9 Å². The van der Waals surface area contributed by atoms with Crippen LogP contribution >= 0.6 is 11.3 Å². The van der Waals surface area contributed by atoms with Gasteiger partial charge in [0, 0.05) is 18.3 Å². The third kappa shape index (κ3) is 6.46. The van der Waals surface area contributed by atoms with Crippen LogP contribution in [0.25, 0.3) is 0 Å². The minimum Gasteiger partial charge on any atom is -0.311 e. The monoisotopic (exact) mass is 238 g/mol. The molecule has 0 atom stereocenters. The Morgan fingerprint density at radius 1 is 1.33 bits per heavy atom. The van der Waals surface area contributed by atoms with Crippen LogP contribution < -0.4 is 5.32 Å². The van der Waals surface area contributed by atoms with Crippen molar-refractivity contribution in [1.29, 1.82) is 0 Å². The maximum Gasteiger partial charge on any atom is 0.389 e. The van der Waals surface area contributed by atoms with E-state index in [1.165, 1.54) is 11.3 Å². The second-order valence-corrected chi connectivity index (χ2v) is 3.95. The van der Waals surface area contributed by atoms with Gasteiger partial charge in [0.1, 0.15) is 0 Å². The van der Waals surface area contributed by atoms with Crippen LogP contribution in [-0.4, -0.2) is 17.7 Å². The molecular weight excluding hydrogens is 225 g/mol. The second kappa shape index (κ2) is 6.07. The van der Waals surface area contributed by atoms with Crippen molar-refractivity contribution in [2.75, 3.05) is 6.54 Å². The fourth-order valence-corrected chi connectivity index (χ4v) is 1.68. The fraction of sp³-hybridized carbons (Fsp3) is 0.667.